The van der Waals surface area contributed by atoms with E-state index in [1.54, 1.807) is 0 Å². The van der Waals surface area contributed by atoms with Crippen LogP contribution in [0, 0.1) is 26.7 Å². The van der Waals surface area contributed by atoms with E-state index in [0.29, 0.717) is 12.0 Å². The van der Waals surface area contributed by atoms with Gasteiger partial charge in [-0.1, -0.05) is 17.7 Å². The summed E-state index contributed by atoms with van der Waals surface area (Å²) in [6.07, 6.45) is 8.97. The summed E-state index contributed by atoms with van der Waals surface area (Å²) < 4.78 is 0. The van der Waals surface area contributed by atoms with Crippen LogP contribution in [0.1, 0.15) is 76.8 Å². The lowest BCUT2D eigenvalue weighted by atomic mass is 9.86. The van der Waals surface area contributed by atoms with Crippen molar-refractivity contribution in [3.8, 4) is 0 Å². The normalized spacial score (nSPS) is 20.2. The number of benzene rings is 1. The van der Waals surface area contributed by atoms with Gasteiger partial charge in [-0.2, -0.15) is 4.98 Å². The summed E-state index contributed by atoms with van der Waals surface area (Å²) in [5, 5.41) is 6.82. The first-order valence-corrected chi connectivity index (χ1v) is 12.5. The van der Waals surface area contributed by atoms with Crippen molar-refractivity contribution >= 4 is 17.7 Å². The molecule has 0 radical (unpaired) electrons. The van der Waals surface area contributed by atoms with E-state index in [-0.39, 0.29) is 5.91 Å². The molecule has 1 amide bonds. The van der Waals surface area contributed by atoms with Gasteiger partial charge in [-0.25, -0.2) is 4.98 Å². The molecule has 2 aromatic rings. The maximum absolute atomic E-state index is 12.8. The first kappa shape index (κ1) is 23.5. The van der Waals surface area contributed by atoms with Crippen LogP contribution in [-0.4, -0.2) is 42.6 Å². The zero-order chi connectivity index (χ0) is 23.5. The fourth-order valence-electron chi connectivity index (χ4n) is 5.57. The Balaban J connectivity index is 1.31. The number of carbonyl (C=O) groups excluding carboxylic acids is 1. The molecule has 2 aliphatic rings. The van der Waals surface area contributed by atoms with E-state index in [4.69, 9.17) is 9.97 Å². The molecule has 1 aromatic carbocycles. The van der Waals surface area contributed by atoms with Gasteiger partial charge in [0.25, 0.3) is 5.91 Å². The Morgan fingerprint density at radius 2 is 1.67 bits per heavy atom. The summed E-state index contributed by atoms with van der Waals surface area (Å²) in [6, 6.07) is 4.57. The smallest absolute Gasteiger partial charge is 0.251 e. The first-order chi connectivity index (χ1) is 15.8. The fourth-order valence-corrected chi connectivity index (χ4v) is 5.57. The Labute approximate surface area is 198 Å². The first-order valence-electron chi connectivity index (χ1n) is 12.5. The average molecular weight is 450 g/mol. The topological polar surface area (TPSA) is 70.2 Å². The van der Waals surface area contributed by atoms with E-state index >= 15 is 0 Å². The van der Waals surface area contributed by atoms with Gasteiger partial charge in [0.15, 0.2) is 0 Å². The third-order valence-electron chi connectivity index (χ3n) is 7.22. The van der Waals surface area contributed by atoms with Crippen molar-refractivity contribution in [3.63, 3.8) is 0 Å². The molecule has 1 saturated carbocycles. The highest BCUT2D eigenvalue weighted by molar-refractivity contribution is 5.97. The van der Waals surface area contributed by atoms with Crippen LogP contribution in [0.25, 0.3) is 0 Å². The molecule has 2 aliphatic carbocycles. The summed E-state index contributed by atoms with van der Waals surface area (Å²) in [5.41, 5.74) is 6.70. The van der Waals surface area contributed by atoms with Crippen LogP contribution in [0.2, 0.25) is 0 Å². The zero-order valence-electron chi connectivity index (χ0n) is 20.9. The van der Waals surface area contributed by atoms with Crippen molar-refractivity contribution < 1.29 is 4.79 Å². The Morgan fingerprint density at radius 1 is 1.00 bits per heavy atom. The molecule has 33 heavy (non-hydrogen) atoms. The van der Waals surface area contributed by atoms with E-state index in [1.807, 2.05) is 13.8 Å². The molecular formula is C27H39N5O. The maximum atomic E-state index is 12.8. The molecule has 0 unspecified atom stereocenters. The fraction of sp³-hybridized carbons (Fsp3) is 0.593. The Morgan fingerprint density at radius 3 is 2.33 bits per heavy atom. The molecule has 2 N–H and O–H groups in total. The lowest BCUT2D eigenvalue weighted by molar-refractivity contribution is 0.0942. The quantitative estimate of drug-likeness (QED) is 0.666. The number of aryl methyl sites for hydroxylation is 4. The minimum absolute atomic E-state index is 0.0592. The monoisotopic (exact) mass is 449 g/mol. The number of rotatable bonds is 6. The van der Waals surface area contributed by atoms with Crippen molar-refractivity contribution in [2.24, 2.45) is 5.92 Å². The zero-order valence-corrected chi connectivity index (χ0v) is 20.9. The summed E-state index contributed by atoms with van der Waals surface area (Å²) in [7, 11) is 4.14. The molecule has 0 bridgehead atoms. The van der Waals surface area contributed by atoms with Crippen molar-refractivity contribution in [1.82, 2.24) is 15.3 Å². The lowest BCUT2D eigenvalue weighted by Gasteiger charge is -2.30. The largest absolute Gasteiger partial charge is 0.362 e. The van der Waals surface area contributed by atoms with Gasteiger partial charge in [-0.05, 0) is 89.2 Å². The molecule has 0 atom stereocenters. The number of nitrogens with one attached hydrogen (secondary N) is 2. The summed E-state index contributed by atoms with van der Waals surface area (Å²) in [6.45, 7) is 6.87. The molecule has 1 fully saturated rings. The number of anilines is 2. The number of nitrogens with zero attached hydrogens (tertiary/aromatic N) is 3. The van der Waals surface area contributed by atoms with Crippen LogP contribution < -0.4 is 15.5 Å². The van der Waals surface area contributed by atoms with Gasteiger partial charge in [-0.3, -0.25) is 4.79 Å². The lowest BCUT2D eigenvalue weighted by Crippen LogP contribution is -2.35. The SMILES string of the molecule is Cc1cc(C)c(C(=O)NCC2CCC(Nc3nc4c(c(N(C)C)n3)CCCC4)CC2)c(C)c1. The summed E-state index contributed by atoms with van der Waals surface area (Å²) in [5.74, 6) is 2.44. The van der Waals surface area contributed by atoms with Crippen molar-refractivity contribution in [1.29, 1.82) is 0 Å². The van der Waals surface area contributed by atoms with Crippen LogP contribution in [0.4, 0.5) is 11.8 Å². The third kappa shape index (κ3) is 5.48. The van der Waals surface area contributed by atoms with E-state index in [9.17, 15) is 4.79 Å². The highest BCUT2D eigenvalue weighted by atomic mass is 16.1. The number of aromatic nitrogens is 2. The molecule has 1 heterocycles. The minimum atomic E-state index is 0.0592. The van der Waals surface area contributed by atoms with Gasteiger partial charge in [0.05, 0.1) is 5.69 Å². The van der Waals surface area contributed by atoms with Gasteiger partial charge in [0, 0.05) is 37.8 Å². The molecule has 0 spiro atoms. The number of hydrogen-bond acceptors (Lipinski definition) is 5. The third-order valence-corrected chi connectivity index (χ3v) is 7.22. The van der Waals surface area contributed by atoms with Gasteiger partial charge < -0.3 is 15.5 Å². The van der Waals surface area contributed by atoms with Gasteiger partial charge in [0.2, 0.25) is 5.95 Å². The van der Waals surface area contributed by atoms with Gasteiger partial charge >= 0.3 is 0 Å². The molecule has 4 rings (SSSR count). The van der Waals surface area contributed by atoms with Crippen LogP contribution in [0.15, 0.2) is 12.1 Å². The molecular weight excluding hydrogens is 410 g/mol. The van der Waals surface area contributed by atoms with Crippen molar-refractivity contribution in [2.45, 2.75) is 78.2 Å². The Bertz CT molecular complexity index is 985. The predicted octanol–water partition coefficient (Wildman–Crippen LogP) is 4.75. The van der Waals surface area contributed by atoms with Crippen LogP contribution >= 0.6 is 0 Å². The molecule has 178 valence electrons. The Kier molecular flexibility index (Phi) is 7.20. The van der Waals surface area contributed by atoms with Crippen LogP contribution in [0.3, 0.4) is 0 Å². The van der Waals surface area contributed by atoms with E-state index < -0.39 is 0 Å². The maximum Gasteiger partial charge on any atom is 0.251 e. The van der Waals surface area contributed by atoms with Crippen LogP contribution in [-0.2, 0) is 12.8 Å². The number of fused-ring (bicyclic) bond motifs is 1. The summed E-state index contributed by atoms with van der Waals surface area (Å²) >= 11 is 0. The predicted molar refractivity (Wildman–Crippen MR) is 135 cm³/mol. The van der Waals surface area contributed by atoms with Gasteiger partial charge in [0.1, 0.15) is 5.82 Å². The van der Waals surface area contributed by atoms with E-state index in [2.05, 4.69) is 48.7 Å². The second kappa shape index (κ2) is 10.1. The van der Waals surface area contributed by atoms with Crippen molar-refractivity contribution in [2.75, 3.05) is 30.9 Å². The molecule has 6 heteroatoms. The van der Waals surface area contributed by atoms with Crippen LogP contribution in [0.5, 0.6) is 0 Å². The summed E-state index contributed by atoms with van der Waals surface area (Å²) in [4.78, 5) is 24.7. The molecule has 0 aliphatic heterocycles. The standard InChI is InChI=1S/C27H39N5O/c1-17-14-18(2)24(19(3)15-17)26(33)28-16-20-10-12-21(13-11-20)29-27-30-23-9-7-6-8-22(23)25(31-27)32(4)5/h14-15,20-21H,6-13,16H2,1-5H3,(H,28,33)(H,29,30,31). The Hall–Kier alpha value is -2.63. The average Bonchev–Trinajstić information content (AvgIpc) is 2.77. The van der Waals surface area contributed by atoms with E-state index in [0.717, 1.165) is 73.5 Å². The number of carbonyl (C=O) groups is 1. The number of hydrogen-bond donors (Lipinski definition) is 2. The molecule has 1 aromatic heterocycles. The number of amides is 1. The molecule has 6 nitrogen and oxygen atoms in total. The minimum Gasteiger partial charge on any atom is -0.362 e. The van der Waals surface area contributed by atoms with E-state index in [1.165, 1.54) is 29.7 Å². The highest BCUT2D eigenvalue weighted by Crippen LogP contribution is 2.30. The second-order valence-electron chi connectivity index (χ2n) is 10.2. The second-order valence-corrected chi connectivity index (χ2v) is 10.2. The highest BCUT2D eigenvalue weighted by Gasteiger charge is 2.24. The molecule has 0 saturated heterocycles. The van der Waals surface area contributed by atoms with Gasteiger partial charge in [-0.15, -0.1) is 0 Å². The van der Waals surface area contributed by atoms with Crippen molar-refractivity contribution in [3.05, 3.63) is 45.6 Å².